The topological polar surface area (TPSA) is 29.5 Å². The van der Waals surface area contributed by atoms with Crippen molar-refractivity contribution in [2.45, 2.75) is 12.3 Å². The molecule has 80 valence electrons. The molecule has 1 aliphatic rings. The van der Waals surface area contributed by atoms with E-state index in [1.807, 2.05) is 0 Å². The summed E-state index contributed by atoms with van der Waals surface area (Å²) in [5, 5.41) is 8.48. The molecule has 0 aromatic heterocycles. The average molecular weight is 216 g/mol. The first kappa shape index (κ1) is 10.2. The maximum absolute atomic E-state index is 12.5. The molecule has 0 aliphatic heterocycles. The maximum atomic E-state index is 12.5. The summed E-state index contributed by atoms with van der Waals surface area (Å²) < 4.78 is 37.6. The molecule has 2 rings (SSSR count). The number of benzene rings is 1. The molecule has 0 bridgehead atoms. The fourth-order valence-corrected chi connectivity index (χ4v) is 1.66. The highest BCUT2D eigenvalue weighted by atomic mass is 19.4. The standard InChI is InChI=1S/C10H7F3O2/c11-10(12,13)8-5-9(15-14)7-4-2-1-3-6(7)8/h1-5,9,14H. The molecule has 1 aromatic carbocycles. The molecule has 0 radical (unpaired) electrons. The molecular formula is C10H7F3O2. The van der Waals surface area contributed by atoms with Gasteiger partial charge in [0.25, 0.3) is 0 Å². The minimum absolute atomic E-state index is 0.0593. The first-order valence-electron chi connectivity index (χ1n) is 4.22. The fourth-order valence-electron chi connectivity index (χ4n) is 1.66. The SMILES string of the molecule is OOC1C=C(C(F)(F)F)c2ccccc21. The maximum Gasteiger partial charge on any atom is 0.416 e. The Labute approximate surface area is 83.5 Å². The van der Waals surface area contributed by atoms with Gasteiger partial charge in [-0.25, -0.2) is 4.89 Å². The van der Waals surface area contributed by atoms with E-state index in [4.69, 9.17) is 5.26 Å². The van der Waals surface area contributed by atoms with Crippen molar-refractivity contribution >= 4 is 5.57 Å². The van der Waals surface area contributed by atoms with E-state index in [0.717, 1.165) is 6.08 Å². The molecule has 0 spiro atoms. The van der Waals surface area contributed by atoms with E-state index in [9.17, 15) is 13.2 Å². The summed E-state index contributed by atoms with van der Waals surface area (Å²) in [5.74, 6) is 0. The zero-order valence-electron chi connectivity index (χ0n) is 7.45. The van der Waals surface area contributed by atoms with Crippen LogP contribution in [0, 0.1) is 0 Å². The Balaban J connectivity index is 2.52. The first-order valence-corrected chi connectivity index (χ1v) is 4.22. The fraction of sp³-hybridized carbons (Fsp3) is 0.200. The zero-order valence-corrected chi connectivity index (χ0v) is 7.45. The lowest BCUT2D eigenvalue weighted by atomic mass is 10.1. The lowest BCUT2D eigenvalue weighted by Gasteiger charge is -2.09. The van der Waals surface area contributed by atoms with Gasteiger partial charge in [-0.3, -0.25) is 5.26 Å². The minimum Gasteiger partial charge on any atom is -0.251 e. The van der Waals surface area contributed by atoms with Gasteiger partial charge in [-0.2, -0.15) is 13.2 Å². The average Bonchev–Trinajstić information content (AvgIpc) is 2.55. The van der Waals surface area contributed by atoms with Gasteiger partial charge < -0.3 is 0 Å². The Morgan fingerprint density at radius 3 is 2.47 bits per heavy atom. The number of alkyl halides is 3. The first-order chi connectivity index (χ1) is 7.04. The van der Waals surface area contributed by atoms with Gasteiger partial charge >= 0.3 is 6.18 Å². The van der Waals surface area contributed by atoms with Crippen LogP contribution in [-0.2, 0) is 4.89 Å². The molecule has 5 heteroatoms. The second-order valence-corrected chi connectivity index (χ2v) is 3.19. The second kappa shape index (κ2) is 3.36. The Hall–Kier alpha value is -1.33. The smallest absolute Gasteiger partial charge is 0.251 e. The van der Waals surface area contributed by atoms with Crippen molar-refractivity contribution in [3.05, 3.63) is 41.5 Å². The molecule has 1 aliphatic carbocycles. The summed E-state index contributed by atoms with van der Waals surface area (Å²) in [7, 11) is 0. The number of halogens is 3. The van der Waals surface area contributed by atoms with Crippen LogP contribution >= 0.6 is 0 Å². The molecule has 1 aromatic rings. The molecule has 2 nitrogen and oxygen atoms in total. The van der Waals surface area contributed by atoms with Crippen LogP contribution in [0.15, 0.2) is 30.3 Å². The quantitative estimate of drug-likeness (QED) is 0.577. The van der Waals surface area contributed by atoms with Gasteiger partial charge in [0.05, 0.1) is 5.57 Å². The predicted octanol–water partition coefficient (Wildman–Crippen LogP) is 3.18. The predicted molar refractivity (Wildman–Crippen MR) is 46.9 cm³/mol. The van der Waals surface area contributed by atoms with Crippen LogP contribution in [0.1, 0.15) is 17.2 Å². The Bertz CT molecular complexity index is 409. The lowest BCUT2D eigenvalue weighted by molar-refractivity contribution is -0.268. The van der Waals surface area contributed by atoms with Crippen molar-refractivity contribution in [2.24, 2.45) is 0 Å². The molecule has 0 saturated carbocycles. The number of hydrogen-bond donors (Lipinski definition) is 1. The summed E-state index contributed by atoms with van der Waals surface area (Å²) in [4.78, 5) is 3.99. The van der Waals surface area contributed by atoms with Crippen molar-refractivity contribution in [3.8, 4) is 0 Å². The Morgan fingerprint density at radius 2 is 1.87 bits per heavy atom. The third-order valence-corrected chi connectivity index (χ3v) is 2.29. The summed E-state index contributed by atoms with van der Waals surface area (Å²) >= 11 is 0. The van der Waals surface area contributed by atoms with Gasteiger partial charge in [0, 0.05) is 0 Å². The molecule has 15 heavy (non-hydrogen) atoms. The molecular weight excluding hydrogens is 209 g/mol. The zero-order chi connectivity index (χ0) is 11.1. The van der Waals surface area contributed by atoms with Crippen LogP contribution in [0.2, 0.25) is 0 Å². The molecule has 0 heterocycles. The third kappa shape index (κ3) is 1.64. The van der Waals surface area contributed by atoms with E-state index in [1.165, 1.54) is 18.2 Å². The van der Waals surface area contributed by atoms with Crippen molar-refractivity contribution in [1.82, 2.24) is 0 Å². The monoisotopic (exact) mass is 216 g/mol. The molecule has 1 N–H and O–H groups in total. The van der Waals surface area contributed by atoms with Crippen LogP contribution in [0.3, 0.4) is 0 Å². The van der Waals surface area contributed by atoms with E-state index in [0.29, 0.717) is 5.56 Å². The number of allylic oxidation sites excluding steroid dienone is 1. The van der Waals surface area contributed by atoms with Gasteiger partial charge in [-0.15, -0.1) is 0 Å². The van der Waals surface area contributed by atoms with Crippen LogP contribution < -0.4 is 0 Å². The number of rotatable bonds is 1. The Morgan fingerprint density at radius 1 is 1.20 bits per heavy atom. The highest BCUT2D eigenvalue weighted by Crippen LogP contribution is 2.44. The summed E-state index contributed by atoms with van der Waals surface area (Å²) in [6.07, 6.45) is -4.59. The van der Waals surface area contributed by atoms with Crippen molar-refractivity contribution in [2.75, 3.05) is 0 Å². The van der Waals surface area contributed by atoms with Crippen LogP contribution in [0.5, 0.6) is 0 Å². The lowest BCUT2D eigenvalue weighted by Crippen LogP contribution is -2.09. The molecule has 0 saturated heterocycles. The summed E-state index contributed by atoms with van der Waals surface area (Å²) in [6.45, 7) is 0. The van der Waals surface area contributed by atoms with E-state index in [2.05, 4.69) is 4.89 Å². The Kier molecular flexibility index (Phi) is 2.28. The van der Waals surface area contributed by atoms with Crippen molar-refractivity contribution < 1.29 is 23.3 Å². The van der Waals surface area contributed by atoms with Crippen molar-refractivity contribution in [3.63, 3.8) is 0 Å². The largest absolute Gasteiger partial charge is 0.416 e. The molecule has 0 fully saturated rings. The van der Waals surface area contributed by atoms with Gasteiger partial charge in [0.1, 0.15) is 6.10 Å². The molecule has 0 amide bonds. The third-order valence-electron chi connectivity index (χ3n) is 2.29. The second-order valence-electron chi connectivity index (χ2n) is 3.19. The summed E-state index contributed by atoms with van der Waals surface area (Å²) in [6, 6.07) is 5.95. The number of fused-ring (bicyclic) bond motifs is 1. The van der Waals surface area contributed by atoms with Gasteiger partial charge in [0.2, 0.25) is 0 Å². The van der Waals surface area contributed by atoms with Crippen LogP contribution in [-0.4, -0.2) is 11.4 Å². The minimum atomic E-state index is -4.43. The van der Waals surface area contributed by atoms with Crippen molar-refractivity contribution in [1.29, 1.82) is 0 Å². The molecule has 1 unspecified atom stereocenters. The van der Waals surface area contributed by atoms with Gasteiger partial charge in [0.15, 0.2) is 0 Å². The molecule has 1 atom stereocenters. The highest BCUT2D eigenvalue weighted by Gasteiger charge is 2.40. The van der Waals surface area contributed by atoms with E-state index in [1.54, 1.807) is 6.07 Å². The van der Waals surface area contributed by atoms with E-state index in [-0.39, 0.29) is 5.56 Å². The highest BCUT2D eigenvalue weighted by molar-refractivity contribution is 5.77. The summed E-state index contributed by atoms with van der Waals surface area (Å²) in [5.41, 5.74) is -0.381. The van der Waals surface area contributed by atoms with Crippen LogP contribution in [0.25, 0.3) is 5.57 Å². The van der Waals surface area contributed by atoms with E-state index >= 15 is 0 Å². The van der Waals surface area contributed by atoms with Gasteiger partial charge in [-0.1, -0.05) is 24.3 Å². The normalized spacial score (nSPS) is 20.0. The number of hydrogen-bond acceptors (Lipinski definition) is 2. The van der Waals surface area contributed by atoms with Gasteiger partial charge in [-0.05, 0) is 17.2 Å². The van der Waals surface area contributed by atoms with E-state index < -0.39 is 17.9 Å². The van der Waals surface area contributed by atoms with Crippen LogP contribution in [0.4, 0.5) is 13.2 Å².